The molecule has 171 valence electrons. The van der Waals surface area contributed by atoms with Crippen LogP contribution in [-0.4, -0.2) is 30.5 Å². The summed E-state index contributed by atoms with van der Waals surface area (Å²) in [7, 11) is 2.88. The normalized spacial score (nSPS) is 10.8. The number of nitrogens with zero attached hydrogens (tertiary/aromatic N) is 2. The van der Waals surface area contributed by atoms with Crippen LogP contribution >= 0.6 is 23.2 Å². The van der Waals surface area contributed by atoms with Gasteiger partial charge in [-0.3, -0.25) is 9.78 Å². The van der Waals surface area contributed by atoms with Crippen molar-refractivity contribution in [1.29, 1.82) is 0 Å². The molecule has 0 saturated heterocycles. The molecule has 0 fully saturated rings. The number of pyridine rings is 2. The molecule has 4 rings (SSSR count). The van der Waals surface area contributed by atoms with Crippen molar-refractivity contribution in [2.45, 2.75) is 0 Å². The summed E-state index contributed by atoms with van der Waals surface area (Å²) in [4.78, 5) is 20.0. The molecule has 2 aromatic heterocycles. The molecule has 0 amide bonds. The van der Waals surface area contributed by atoms with E-state index in [0.29, 0.717) is 56.4 Å². The Hall–Kier alpha value is -3.48. The highest BCUT2D eigenvalue weighted by Crippen LogP contribution is 2.42. The summed E-state index contributed by atoms with van der Waals surface area (Å²) in [5.41, 5.74) is 3.68. The predicted octanol–water partition coefficient (Wildman–Crippen LogP) is 6.94. The van der Waals surface area contributed by atoms with E-state index in [4.69, 9.17) is 32.7 Å². The van der Waals surface area contributed by atoms with E-state index >= 15 is 0 Å². The Morgan fingerprint density at radius 3 is 2.41 bits per heavy atom. The van der Waals surface area contributed by atoms with Gasteiger partial charge in [0.2, 0.25) is 5.88 Å². The largest absolute Gasteiger partial charge is 0.496 e. The maximum Gasteiger partial charge on any atom is 0.216 e. The maximum absolute atomic E-state index is 14.5. The molecule has 0 aliphatic carbocycles. The van der Waals surface area contributed by atoms with Crippen molar-refractivity contribution in [2.24, 2.45) is 0 Å². The molecule has 0 bridgehead atoms. The first-order valence-electron chi connectivity index (χ1n) is 10.0. The summed E-state index contributed by atoms with van der Waals surface area (Å²) >= 11 is 13.5. The lowest BCUT2D eigenvalue weighted by Crippen LogP contribution is -1.97. The highest BCUT2D eigenvalue weighted by molar-refractivity contribution is 6.39. The molecule has 0 aliphatic heterocycles. The molecule has 0 aliphatic rings. The predicted molar refractivity (Wildman–Crippen MR) is 131 cm³/mol. The first kappa shape index (κ1) is 23.7. The molecular weight excluding hydrogens is 478 g/mol. The van der Waals surface area contributed by atoms with E-state index in [2.05, 4.69) is 16.9 Å². The molecule has 0 N–H and O–H groups in total. The molecule has 4 aromatic rings. The Morgan fingerprint density at radius 2 is 1.71 bits per heavy atom. The van der Waals surface area contributed by atoms with Crippen LogP contribution in [0.15, 0.2) is 54.7 Å². The highest BCUT2D eigenvalue weighted by Gasteiger charge is 2.19. The fraction of sp³-hybridized carbons (Fsp3) is 0.0769. The number of ether oxygens (including phenoxy) is 2. The lowest BCUT2D eigenvalue weighted by Gasteiger charge is -2.14. The van der Waals surface area contributed by atoms with E-state index in [0.717, 1.165) is 0 Å². The molecule has 2 heterocycles. The number of aldehydes is 1. The van der Waals surface area contributed by atoms with Gasteiger partial charge < -0.3 is 9.47 Å². The number of carbonyl (C=O) groups excluding carboxylic acids is 1. The third-order valence-electron chi connectivity index (χ3n) is 5.29. The minimum absolute atomic E-state index is 0.0854. The van der Waals surface area contributed by atoms with Crippen molar-refractivity contribution in [3.63, 3.8) is 0 Å². The molecule has 5 nitrogen and oxygen atoms in total. The smallest absolute Gasteiger partial charge is 0.216 e. The van der Waals surface area contributed by atoms with Crippen molar-refractivity contribution in [3.8, 4) is 45.3 Å². The maximum atomic E-state index is 14.5. The Kier molecular flexibility index (Phi) is 6.82. The van der Waals surface area contributed by atoms with Crippen LogP contribution in [0.5, 0.6) is 11.6 Å². The number of hydrogen-bond donors (Lipinski definition) is 0. The minimum Gasteiger partial charge on any atom is -0.496 e. The molecule has 0 unspecified atom stereocenters. The van der Waals surface area contributed by atoms with Crippen molar-refractivity contribution in [1.82, 2.24) is 9.97 Å². The quantitative estimate of drug-likeness (QED) is 0.271. The van der Waals surface area contributed by atoms with Gasteiger partial charge in [-0.2, -0.15) is 0 Å². The summed E-state index contributed by atoms with van der Waals surface area (Å²) in [5, 5.41) is 0.688. The van der Waals surface area contributed by atoms with Crippen LogP contribution in [-0.2, 0) is 0 Å². The number of aromatic nitrogens is 2. The first-order valence-corrected chi connectivity index (χ1v) is 10.8. The van der Waals surface area contributed by atoms with Gasteiger partial charge in [0, 0.05) is 34.0 Å². The number of carbonyl (C=O) groups is 1. The zero-order chi connectivity index (χ0) is 24.4. The summed E-state index contributed by atoms with van der Waals surface area (Å²) in [5.74, 6) is -0.248. The average Bonchev–Trinajstić information content (AvgIpc) is 2.84. The van der Waals surface area contributed by atoms with Gasteiger partial charge in [0.05, 0.1) is 41.2 Å². The van der Waals surface area contributed by atoms with Crippen molar-refractivity contribution in [2.75, 3.05) is 14.2 Å². The zero-order valence-electron chi connectivity index (χ0n) is 18.2. The van der Waals surface area contributed by atoms with Gasteiger partial charge in [-0.15, -0.1) is 0 Å². The summed E-state index contributed by atoms with van der Waals surface area (Å²) < 4.78 is 25.0. The topological polar surface area (TPSA) is 61.3 Å². The first-order chi connectivity index (χ1) is 16.4. The Bertz CT molecular complexity index is 1410. The third kappa shape index (κ3) is 4.22. The van der Waals surface area contributed by atoms with E-state index < -0.39 is 5.82 Å². The van der Waals surface area contributed by atoms with Crippen LogP contribution in [0.25, 0.3) is 33.6 Å². The number of rotatable bonds is 6. The second-order valence-electron chi connectivity index (χ2n) is 7.24. The van der Waals surface area contributed by atoms with E-state index in [1.165, 1.54) is 26.4 Å². The third-order valence-corrected chi connectivity index (χ3v) is 6.08. The van der Waals surface area contributed by atoms with E-state index in [1.807, 2.05) is 18.2 Å². The van der Waals surface area contributed by atoms with Crippen LogP contribution in [0, 0.1) is 12.7 Å². The monoisotopic (exact) mass is 495 g/mol. The molecule has 2 aromatic carbocycles. The van der Waals surface area contributed by atoms with Gasteiger partial charge in [-0.1, -0.05) is 47.5 Å². The average molecular weight is 496 g/mol. The van der Waals surface area contributed by atoms with Gasteiger partial charge in [-0.25, -0.2) is 9.37 Å². The Morgan fingerprint density at radius 1 is 0.971 bits per heavy atom. The van der Waals surface area contributed by atoms with Crippen LogP contribution in [0.2, 0.25) is 10.0 Å². The fourth-order valence-electron chi connectivity index (χ4n) is 3.60. The van der Waals surface area contributed by atoms with Crippen LogP contribution < -0.4 is 9.47 Å². The molecule has 0 atom stereocenters. The molecule has 34 heavy (non-hydrogen) atoms. The number of benzene rings is 2. The Balaban J connectivity index is 1.86. The van der Waals surface area contributed by atoms with Gasteiger partial charge in [-0.05, 0) is 31.2 Å². The van der Waals surface area contributed by atoms with Gasteiger partial charge in [0.1, 0.15) is 11.6 Å². The van der Waals surface area contributed by atoms with Crippen molar-refractivity contribution < 1.29 is 18.7 Å². The number of methoxy groups -OCH3 is 2. The number of halogens is 3. The fourth-order valence-corrected chi connectivity index (χ4v) is 4.25. The van der Waals surface area contributed by atoms with E-state index in [1.54, 1.807) is 24.4 Å². The second kappa shape index (κ2) is 9.79. The lowest BCUT2D eigenvalue weighted by atomic mass is 9.99. The zero-order valence-corrected chi connectivity index (χ0v) is 19.7. The molecule has 0 spiro atoms. The summed E-state index contributed by atoms with van der Waals surface area (Å²) in [6.45, 7) is 3.89. The summed E-state index contributed by atoms with van der Waals surface area (Å²) in [6, 6.07) is 13.5. The second-order valence-corrected chi connectivity index (χ2v) is 8.00. The summed E-state index contributed by atoms with van der Waals surface area (Å²) in [6.07, 6.45) is 1.95. The van der Waals surface area contributed by atoms with Crippen molar-refractivity contribution in [3.05, 3.63) is 88.6 Å². The highest BCUT2D eigenvalue weighted by atomic mass is 35.5. The minimum atomic E-state index is -0.735. The van der Waals surface area contributed by atoms with Gasteiger partial charge in [0.25, 0.3) is 0 Å². The van der Waals surface area contributed by atoms with Gasteiger partial charge in [0.15, 0.2) is 6.29 Å². The SMILES string of the molecule is [CH2]c1ccc(-c2cccc(-c3ccnc(-c4cc(F)c(C=O)c(OC)c4)c3Cl)c2Cl)nc1OC. The standard InChI is InChI=1S/C26H18Cl2FN2O3/c1-14-7-8-21(31-26(14)34-3)18-6-4-5-16(23(18)27)17-9-10-30-25(24(17)28)15-11-20(29)19(13-32)22(12-15)33-2/h4-13H,1H2,2-3H3. The molecule has 1 radical (unpaired) electrons. The van der Waals surface area contributed by atoms with Crippen LogP contribution in [0.3, 0.4) is 0 Å². The lowest BCUT2D eigenvalue weighted by molar-refractivity contribution is 0.111. The number of hydrogen-bond acceptors (Lipinski definition) is 5. The van der Waals surface area contributed by atoms with E-state index in [-0.39, 0.29) is 16.3 Å². The molecule has 0 saturated carbocycles. The van der Waals surface area contributed by atoms with Crippen molar-refractivity contribution >= 4 is 29.5 Å². The molecular formula is C26H18Cl2FN2O3. The molecule has 8 heteroatoms. The van der Waals surface area contributed by atoms with Crippen LogP contribution in [0.1, 0.15) is 15.9 Å². The van der Waals surface area contributed by atoms with Crippen LogP contribution in [0.4, 0.5) is 4.39 Å². The Labute approximate surface area is 206 Å². The van der Waals surface area contributed by atoms with E-state index in [9.17, 15) is 9.18 Å². The van der Waals surface area contributed by atoms with Gasteiger partial charge >= 0.3 is 0 Å².